The summed E-state index contributed by atoms with van der Waals surface area (Å²) in [4.78, 5) is 1.95. The molecule has 0 aliphatic carbocycles. The molecule has 0 aromatic rings. The topological polar surface area (TPSA) is 67.7 Å². The fraction of sp³-hybridized carbons (Fsp3) is 0.875. The first-order chi connectivity index (χ1) is 6.98. The van der Waals surface area contributed by atoms with Gasteiger partial charge in [0.15, 0.2) is 0 Å². The average Bonchev–Trinajstić information content (AvgIpc) is 2.19. The average molecular weight is 232 g/mol. The smallest absolute Gasteiger partial charge is 0.281 e. The number of rotatable bonds is 3. The minimum Gasteiger partial charge on any atom is -0.288 e. The summed E-state index contributed by atoms with van der Waals surface area (Å²) >= 11 is 0. The van der Waals surface area contributed by atoms with E-state index in [4.69, 9.17) is 5.26 Å². The minimum absolute atomic E-state index is 0.371. The van der Waals surface area contributed by atoms with Crippen molar-refractivity contribution in [3.8, 4) is 6.07 Å². The van der Waals surface area contributed by atoms with E-state index in [-0.39, 0.29) is 0 Å². The minimum atomic E-state index is -3.28. The molecule has 0 unspecified atom stereocenters. The molecule has 1 saturated heterocycles. The van der Waals surface area contributed by atoms with Crippen LogP contribution in [0.15, 0.2) is 0 Å². The summed E-state index contributed by atoms with van der Waals surface area (Å²) in [5, 5.41) is 8.50. The van der Waals surface area contributed by atoms with Crippen LogP contribution in [-0.2, 0) is 10.2 Å². The van der Waals surface area contributed by atoms with Crippen LogP contribution in [0.2, 0.25) is 0 Å². The van der Waals surface area contributed by atoms with E-state index >= 15 is 0 Å². The molecule has 0 aromatic carbocycles. The van der Waals surface area contributed by atoms with Crippen molar-refractivity contribution in [3.63, 3.8) is 0 Å². The Labute approximate surface area is 90.9 Å². The van der Waals surface area contributed by atoms with Gasteiger partial charge in [-0.3, -0.25) is 4.90 Å². The van der Waals surface area contributed by atoms with Crippen LogP contribution in [0.3, 0.4) is 0 Å². The molecule has 0 amide bonds. The number of hydrogen-bond acceptors (Lipinski definition) is 4. The molecule has 1 fully saturated rings. The van der Waals surface area contributed by atoms with Crippen LogP contribution in [0, 0.1) is 11.3 Å². The zero-order valence-corrected chi connectivity index (χ0v) is 9.87. The fourth-order valence-corrected chi connectivity index (χ4v) is 2.54. The normalized spacial score (nSPS) is 20.4. The summed E-state index contributed by atoms with van der Waals surface area (Å²) in [6.07, 6.45) is 0. The molecular formula is C8H16N4O2S. The second-order valence-corrected chi connectivity index (χ2v) is 5.77. The Morgan fingerprint density at radius 3 is 2.20 bits per heavy atom. The van der Waals surface area contributed by atoms with E-state index in [1.54, 1.807) is 0 Å². The summed E-state index contributed by atoms with van der Waals surface area (Å²) in [7, 11) is -0.232. The van der Waals surface area contributed by atoms with Crippen LogP contribution in [0.1, 0.15) is 0 Å². The standard InChI is InChI=1S/C8H16N4O2S/c1-10(2)15(13,14)12-7-5-11(4-3-9)6-8-12/h4-8H2,1-2H3. The lowest BCUT2D eigenvalue weighted by Gasteiger charge is -2.33. The van der Waals surface area contributed by atoms with Crippen LogP contribution in [0.25, 0.3) is 0 Å². The molecule has 0 N–H and O–H groups in total. The maximum atomic E-state index is 11.7. The predicted molar refractivity (Wildman–Crippen MR) is 56.2 cm³/mol. The Bertz CT molecular complexity index is 338. The Morgan fingerprint density at radius 2 is 1.80 bits per heavy atom. The molecule has 15 heavy (non-hydrogen) atoms. The van der Waals surface area contributed by atoms with Crippen molar-refractivity contribution in [2.75, 3.05) is 46.8 Å². The summed E-state index contributed by atoms with van der Waals surface area (Å²) in [6, 6.07) is 2.06. The molecule has 0 spiro atoms. The van der Waals surface area contributed by atoms with Crippen LogP contribution in [-0.4, -0.2) is 68.7 Å². The predicted octanol–water partition coefficient (Wildman–Crippen LogP) is -1.07. The lowest BCUT2D eigenvalue weighted by Crippen LogP contribution is -2.51. The van der Waals surface area contributed by atoms with Gasteiger partial charge in [0, 0.05) is 40.3 Å². The summed E-state index contributed by atoms with van der Waals surface area (Å²) < 4.78 is 26.1. The van der Waals surface area contributed by atoms with Crippen molar-refractivity contribution < 1.29 is 8.42 Å². The number of hydrogen-bond donors (Lipinski definition) is 0. The van der Waals surface area contributed by atoms with E-state index in [9.17, 15) is 8.42 Å². The SMILES string of the molecule is CN(C)S(=O)(=O)N1CCN(CC#N)CC1. The monoisotopic (exact) mass is 232 g/mol. The Balaban J connectivity index is 2.55. The van der Waals surface area contributed by atoms with Crippen LogP contribution in [0.4, 0.5) is 0 Å². The lowest BCUT2D eigenvalue weighted by atomic mass is 10.4. The van der Waals surface area contributed by atoms with Gasteiger partial charge in [0.1, 0.15) is 0 Å². The molecule has 0 aromatic heterocycles. The zero-order valence-electron chi connectivity index (χ0n) is 9.05. The van der Waals surface area contributed by atoms with E-state index in [1.807, 2.05) is 4.90 Å². The third-order valence-corrected chi connectivity index (χ3v) is 4.35. The second kappa shape index (κ2) is 4.90. The van der Waals surface area contributed by atoms with Crippen LogP contribution in [0.5, 0.6) is 0 Å². The molecule has 0 atom stereocenters. The summed E-state index contributed by atoms with van der Waals surface area (Å²) in [5.41, 5.74) is 0. The van der Waals surface area contributed by atoms with Gasteiger partial charge < -0.3 is 0 Å². The molecule has 6 nitrogen and oxygen atoms in total. The molecule has 86 valence electrons. The van der Waals surface area contributed by atoms with E-state index in [0.29, 0.717) is 32.7 Å². The van der Waals surface area contributed by atoms with Gasteiger partial charge in [-0.25, -0.2) is 0 Å². The highest BCUT2D eigenvalue weighted by molar-refractivity contribution is 7.86. The van der Waals surface area contributed by atoms with E-state index < -0.39 is 10.2 Å². The molecule has 0 radical (unpaired) electrons. The van der Waals surface area contributed by atoms with Gasteiger partial charge in [0.05, 0.1) is 12.6 Å². The second-order valence-electron chi connectivity index (χ2n) is 3.62. The maximum Gasteiger partial charge on any atom is 0.281 e. The first-order valence-electron chi connectivity index (χ1n) is 4.75. The Hall–Kier alpha value is -0.680. The third-order valence-electron chi connectivity index (χ3n) is 2.41. The summed E-state index contributed by atoms with van der Waals surface area (Å²) in [5.74, 6) is 0. The molecule has 7 heteroatoms. The van der Waals surface area contributed by atoms with Crippen molar-refractivity contribution in [3.05, 3.63) is 0 Å². The van der Waals surface area contributed by atoms with Crippen molar-refractivity contribution in [1.82, 2.24) is 13.5 Å². The van der Waals surface area contributed by atoms with Gasteiger partial charge in [-0.15, -0.1) is 0 Å². The molecular weight excluding hydrogens is 216 g/mol. The molecule has 0 saturated carbocycles. The number of nitriles is 1. The molecule has 1 aliphatic rings. The number of nitrogens with zero attached hydrogens (tertiary/aromatic N) is 4. The zero-order chi connectivity index (χ0) is 11.5. The van der Waals surface area contributed by atoms with Gasteiger partial charge in [0.2, 0.25) is 0 Å². The van der Waals surface area contributed by atoms with Gasteiger partial charge in [-0.1, -0.05) is 0 Å². The van der Waals surface area contributed by atoms with Gasteiger partial charge in [-0.2, -0.15) is 22.3 Å². The van der Waals surface area contributed by atoms with Crippen LogP contribution >= 0.6 is 0 Å². The Morgan fingerprint density at radius 1 is 1.27 bits per heavy atom. The van der Waals surface area contributed by atoms with Crippen molar-refractivity contribution in [2.45, 2.75) is 0 Å². The maximum absolute atomic E-state index is 11.7. The van der Waals surface area contributed by atoms with E-state index in [2.05, 4.69) is 6.07 Å². The lowest BCUT2D eigenvalue weighted by molar-refractivity contribution is 0.201. The first-order valence-corrected chi connectivity index (χ1v) is 6.15. The van der Waals surface area contributed by atoms with Gasteiger partial charge in [0.25, 0.3) is 10.2 Å². The quantitative estimate of drug-likeness (QED) is 0.581. The van der Waals surface area contributed by atoms with Crippen LogP contribution < -0.4 is 0 Å². The van der Waals surface area contributed by atoms with Crippen molar-refractivity contribution >= 4 is 10.2 Å². The van der Waals surface area contributed by atoms with Crippen molar-refractivity contribution in [1.29, 1.82) is 5.26 Å². The van der Waals surface area contributed by atoms with E-state index in [1.165, 1.54) is 22.7 Å². The largest absolute Gasteiger partial charge is 0.288 e. The highest BCUT2D eigenvalue weighted by atomic mass is 32.2. The molecule has 1 heterocycles. The molecule has 0 bridgehead atoms. The Kier molecular flexibility index (Phi) is 4.04. The van der Waals surface area contributed by atoms with Crippen molar-refractivity contribution in [2.24, 2.45) is 0 Å². The van der Waals surface area contributed by atoms with Gasteiger partial charge in [-0.05, 0) is 0 Å². The molecule has 1 aliphatic heterocycles. The highest BCUT2D eigenvalue weighted by Crippen LogP contribution is 2.08. The third kappa shape index (κ3) is 2.89. The highest BCUT2D eigenvalue weighted by Gasteiger charge is 2.28. The fourth-order valence-electron chi connectivity index (χ4n) is 1.45. The first kappa shape index (κ1) is 12.4. The van der Waals surface area contributed by atoms with Gasteiger partial charge >= 0.3 is 0 Å². The summed E-state index contributed by atoms with van der Waals surface area (Å²) in [6.45, 7) is 2.54. The molecule has 1 rings (SSSR count). The van der Waals surface area contributed by atoms with E-state index in [0.717, 1.165) is 0 Å². The number of piperazine rings is 1.